The van der Waals surface area contributed by atoms with Crippen LogP contribution < -0.4 is 10.0 Å². The monoisotopic (exact) mass is 294 g/mol. The van der Waals surface area contributed by atoms with E-state index in [-0.39, 0.29) is 22.5 Å². The highest BCUT2D eigenvalue weighted by Gasteiger charge is 2.14. The van der Waals surface area contributed by atoms with E-state index in [2.05, 4.69) is 10.0 Å². The third kappa shape index (κ3) is 4.80. The molecule has 1 aromatic rings. The second-order valence-corrected chi connectivity index (χ2v) is 6.38. The van der Waals surface area contributed by atoms with Crippen molar-refractivity contribution in [1.29, 1.82) is 0 Å². The van der Waals surface area contributed by atoms with Gasteiger partial charge in [-0.3, -0.25) is 4.72 Å². The molecule has 4 nitrogen and oxygen atoms in total. The molecule has 0 amide bonds. The minimum absolute atomic E-state index is 0.115. The van der Waals surface area contributed by atoms with Crippen LogP contribution in [0.25, 0.3) is 0 Å². The Labute approximate surface area is 112 Å². The van der Waals surface area contributed by atoms with Gasteiger partial charge in [0.2, 0.25) is 10.0 Å². The number of anilines is 1. The zero-order valence-electron chi connectivity index (χ0n) is 10.2. The quantitative estimate of drug-likeness (QED) is 0.846. The molecule has 18 heavy (non-hydrogen) atoms. The number of hydrogen-bond acceptors (Lipinski definition) is 3. The average Bonchev–Trinajstić information content (AvgIpc) is 2.23. The van der Waals surface area contributed by atoms with E-state index < -0.39 is 15.8 Å². The van der Waals surface area contributed by atoms with Crippen molar-refractivity contribution in [3.8, 4) is 0 Å². The molecule has 0 aromatic heterocycles. The maximum absolute atomic E-state index is 13.5. The molecule has 0 unspecified atom stereocenters. The van der Waals surface area contributed by atoms with Crippen LogP contribution in [0.2, 0.25) is 5.02 Å². The molecule has 0 heterocycles. The molecule has 0 aliphatic heterocycles. The van der Waals surface area contributed by atoms with Crippen molar-refractivity contribution in [3.63, 3.8) is 0 Å². The lowest BCUT2D eigenvalue weighted by atomic mass is 10.3. The highest BCUT2D eigenvalue weighted by Crippen LogP contribution is 2.22. The zero-order valence-corrected chi connectivity index (χ0v) is 11.8. The molecule has 1 aromatic carbocycles. The lowest BCUT2D eigenvalue weighted by molar-refractivity contribution is 0.580. The molecular weight excluding hydrogens is 279 g/mol. The fourth-order valence-corrected chi connectivity index (χ4v) is 2.44. The van der Waals surface area contributed by atoms with Crippen molar-refractivity contribution < 1.29 is 12.8 Å². The van der Waals surface area contributed by atoms with E-state index in [9.17, 15) is 12.8 Å². The van der Waals surface area contributed by atoms with Crippen molar-refractivity contribution in [2.24, 2.45) is 0 Å². The van der Waals surface area contributed by atoms with Crippen LogP contribution in [0, 0.1) is 5.82 Å². The number of rotatable bonds is 6. The van der Waals surface area contributed by atoms with E-state index in [4.69, 9.17) is 11.6 Å². The third-order valence-electron chi connectivity index (χ3n) is 2.14. The topological polar surface area (TPSA) is 58.2 Å². The molecule has 0 atom stereocenters. The van der Waals surface area contributed by atoms with Gasteiger partial charge in [0, 0.05) is 12.6 Å². The molecular formula is C11H16ClFN2O2S. The number of halogens is 2. The van der Waals surface area contributed by atoms with Gasteiger partial charge in [-0.1, -0.05) is 31.5 Å². The Kier molecular flexibility index (Phi) is 5.37. The van der Waals surface area contributed by atoms with E-state index >= 15 is 0 Å². The van der Waals surface area contributed by atoms with Gasteiger partial charge in [-0.25, -0.2) is 12.8 Å². The molecule has 0 fully saturated rings. The van der Waals surface area contributed by atoms with Crippen LogP contribution in [0.1, 0.15) is 13.8 Å². The molecule has 102 valence electrons. The van der Waals surface area contributed by atoms with E-state index in [1.807, 2.05) is 13.8 Å². The van der Waals surface area contributed by atoms with Crippen molar-refractivity contribution in [2.45, 2.75) is 19.9 Å². The minimum atomic E-state index is -3.58. The van der Waals surface area contributed by atoms with Gasteiger partial charge in [-0.2, -0.15) is 0 Å². The molecule has 2 N–H and O–H groups in total. The van der Waals surface area contributed by atoms with E-state index in [0.717, 1.165) is 0 Å². The smallest absolute Gasteiger partial charge is 0.234 e. The normalized spacial score (nSPS) is 11.8. The Morgan fingerprint density at radius 3 is 2.67 bits per heavy atom. The zero-order chi connectivity index (χ0) is 13.8. The van der Waals surface area contributed by atoms with Gasteiger partial charge < -0.3 is 5.32 Å². The van der Waals surface area contributed by atoms with Crippen molar-refractivity contribution in [3.05, 3.63) is 29.0 Å². The van der Waals surface area contributed by atoms with Gasteiger partial charge in [0.1, 0.15) is 0 Å². The summed E-state index contributed by atoms with van der Waals surface area (Å²) in [5.41, 5.74) is -0.132. The summed E-state index contributed by atoms with van der Waals surface area (Å²) in [7, 11) is -3.58. The lowest BCUT2D eigenvalue weighted by Crippen LogP contribution is -2.31. The summed E-state index contributed by atoms with van der Waals surface area (Å²) < 4.78 is 39.0. The third-order valence-corrected chi connectivity index (χ3v) is 3.70. The summed E-state index contributed by atoms with van der Waals surface area (Å²) in [5, 5.41) is 2.86. The maximum atomic E-state index is 13.5. The summed E-state index contributed by atoms with van der Waals surface area (Å²) in [6.45, 7) is 4.13. The fourth-order valence-electron chi connectivity index (χ4n) is 1.28. The summed E-state index contributed by atoms with van der Waals surface area (Å²) in [5.74, 6) is -0.892. The first kappa shape index (κ1) is 15.2. The van der Waals surface area contributed by atoms with Crippen molar-refractivity contribution in [1.82, 2.24) is 5.32 Å². The highest BCUT2D eigenvalue weighted by atomic mass is 35.5. The van der Waals surface area contributed by atoms with Crippen LogP contribution in [0.4, 0.5) is 10.1 Å². The fraction of sp³-hybridized carbons (Fsp3) is 0.455. The van der Waals surface area contributed by atoms with Gasteiger partial charge in [-0.15, -0.1) is 0 Å². The Balaban J connectivity index is 2.68. The maximum Gasteiger partial charge on any atom is 0.234 e. The number of sulfonamides is 1. The standard InChI is InChI=1S/C11H16ClFN2O2S/c1-8(2)14-6-7-18(16,17)15-10-5-3-4-9(12)11(10)13/h3-5,8,14-15H,6-7H2,1-2H3. The van der Waals surface area contributed by atoms with Crippen LogP contribution in [-0.2, 0) is 10.0 Å². The van der Waals surface area contributed by atoms with Crippen molar-refractivity contribution in [2.75, 3.05) is 17.0 Å². The van der Waals surface area contributed by atoms with E-state index in [0.29, 0.717) is 6.54 Å². The molecule has 1 rings (SSSR count). The van der Waals surface area contributed by atoms with Crippen LogP contribution in [0.5, 0.6) is 0 Å². The van der Waals surface area contributed by atoms with Crippen LogP contribution >= 0.6 is 11.6 Å². The van der Waals surface area contributed by atoms with Gasteiger partial charge in [-0.05, 0) is 12.1 Å². The highest BCUT2D eigenvalue weighted by molar-refractivity contribution is 7.92. The van der Waals surface area contributed by atoms with E-state index in [1.54, 1.807) is 0 Å². The number of benzene rings is 1. The minimum Gasteiger partial charge on any atom is -0.313 e. The average molecular weight is 295 g/mol. The first-order valence-electron chi connectivity index (χ1n) is 5.50. The molecule has 0 saturated carbocycles. The van der Waals surface area contributed by atoms with Gasteiger partial charge in [0.25, 0.3) is 0 Å². The summed E-state index contributed by atoms with van der Waals surface area (Å²) >= 11 is 5.57. The molecule has 7 heteroatoms. The molecule has 0 saturated heterocycles. The Bertz CT molecular complexity index is 506. The molecule has 0 spiro atoms. The van der Waals surface area contributed by atoms with Crippen molar-refractivity contribution >= 4 is 27.3 Å². The second kappa shape index (κ2) is 6.36. The summed E-state index contributed by atoms with van der Waals surface area (Å²) in [4.78, 5) is 0. The Morgan fingerprint density at radius 2 is 2.06 bits per heavy atom. The predicted molar refractivity (Wildman–Crippen MR) is 72.0 cm³/mol. The largest absolute Gasteiger partial charge is 0.313 e. The first-order chi connectivity index (χ1) is 8.32. The van der Waals surface area contributed by atoms with Crippen LogP contribution in [0.15, 0.2) is 18.2 Å². The number of hydrogen-bond donors (Lipinski definition) is 2. The summed E-state index contributed by atoms with van der Waals surface area (Å²) in [6, 6.07) is 4.36. The SMILES string of the molecule is CC(C)NCCS(=O)(=O)Nc1cccc(Cl)c1F. The summed E-state index contributed by atoms with van der Waals surface area (Å²) in [6.07, 6.45) is 0. The molecule has 0 radical (unpaired) electrons. The second-order valence-electron chi connectivity index (χ2n) is 4.13. The van der Waals surface area contributed by atoms with Gasteiger partial charge >= 0.3 is 0 Å². The molecule has 0 aliphatic carbocycles. The molecule has 0 bridgehead atoms. The first-order valence-corrected chi connectivity index (χ1v) is 7.53. The van der Waals surface area contributed by atoms with Crippen LogP contribution in [0.3, 0.4) is 0 Å². The Hall–Kier alpha value is -0.850. The van der Waals surface area contributed by atoms with Gasteiger partial charge in [0.05, 0.1) is 16.5 Å². The number of nitrogens with one attached hydrogen (secondary N) is 2. The van der Waals surface area contributed by atoms with E-state index in [1.165, 1.54) is 18.2 Å². The molecule has 0 aliphatic rings. The van der Waals surface area contributed by atoms with Crippen LogP contribution in [-0.4, -0.2) is 26.8 Å². The lowest BCUT2D eigenvalue weighted by Gasteiger charge is -2.11. The Morgan fingerprint density at radius 1 is 1.39 bits per heavy atom. The predicted octanol–water partition coefficient (Wildman–Crippen LogP) is 2.22. The van der Waals surface area contributed by atoms with Gasteiger partial charge in [0.15, 0.2) is 5.82 Å².